The molecule has 5 rings (SSSR count). The van der Waals surface area contributed by atoms with Gasteiger partial charge in [0.1, 0.15) is 17.3 Å². The molecule has 289 valence electrons. The van der Waals surface area contributed by atoms with Crippen LogP contribution in [0.3, 0.4) is 0 Å². The van der Waals surface area contributed by atoms with E-state index in [2.05, 4.69) is 79.5 Å². The van der Waals surface area contributed by atoms with Crippen molar-refractivity contribution in [2.45, 2.75) is 142 Å². The summed E-state index contributed by atoms with van der Waals surface area (Å²) in [6, 6.07) is 12.2. The summed E-state index contributed by atoms with van der Waals surface area (Å²) in [6.45, 7) is 19.3. The fraction of sp³-hybridized carbons (Fsp3) is 0.500. The third-order valence-electron chi connectivity index (χ3n) is 11.4. The lowest BCUT2D eigenvalue weighted by Gasteiger charge is -2.49. The maximum Gasteiger partial charge on any atom is 0.271 e. The van der Waals surface area contributed by atoms with Crippen molar-refractivity contribution in [2.24, 2.45) is 0 Å². The Balaban J connectivity index is 1.21. The van der Waals surface area contributed by atoms with E-state index < -0.39 is 11.6 Å². The third kappa shape index (κ3) is 10.9. The Labute approximate surface area is 325 Å². The van der Waals surface area contributed by atoms with Crippen molar-refractivity contribution in [3.8, 4) is 0 Å². The fourth-order valence-corrected chi connectivity index (χ4v) is 8.29. The van der Waals surface area contributed by atoms with Gasteiger partial charge in [0, 0.05) is 61.2 Å². The van der Waals surface area contributed by atoms with Crippen molar-refractivity contribution < 1.29 is 13.6 Å². The summed E-state index contributed by atoms with van der Waals surface area (Å²) in [5.41, 5.74) is 6.99. The van der Waals surface area contributed by atoms with Gasteiger partial charge in [0.15, 0.2) is 0 Å². The number of nitrogens with one attached hydrogen (secondary N) is 2. The van der Waals surface area contributed by atoms with E-state index >= 15 is 0 Å². The van der Waals surface area contributed by atoms with Crippen LogP contribution in [0.5, 0.6) is 0 Å². The zero-order chi connectivity index (χ0) is 38.5. The predicted molar refractivity (Wildman–Crippen MR) is 221 cm³/mol. The molecule has 1 radical (unpaired) electrons. The van der Waals surface area contributed by atoms with Crippen LogP contribution in [0.15, 0.2) is 96.5 Å². The number of piperidine rings is 1. The number of carbonyl (C=O) groups is 1. The topological polar surface area (TPSA) is 47.6 Å². The van der Waals surface area contributed by atoms with Gasteiger partial charge >= 0.3 is 0 Å². The molecular formula is C46H62BF2N4O. The van der Waals surface area contributed by atoms with Crippen LogP contribution in [0.2, 0.25) is 6.32 Å². The molecule has 2 unspecified atom stereocenters. The number of fused-ring (bicyclic) bond motifs is 2. The molecule has 2 aromatic rings. The van der Waals surface area contributed by atoms with Crippen LogP contribution in [0.25, 0.3) is 5.57 Å². The number of rotatable bonds is 22. The molecule has 5 nitrogen and oxygen atoms in total. The predicted octanol–water partition coefficient (Wildman–Crippen LogP) is 10.9. The van der Waals surface area contributed by atoms with Gasteiger partial charge in [-0.2, -0.15) is 0 Å². The van der Waals surface area contributed by atoms with Crippen LogP contribution in [-0.4, -0.2) is 41.7 Å². The van der Waals surface area contributed by atoms with Gasteiger partial charge in [-0.3, -0.25) is 4.79 Å². The van der Waals surface area contributed by atoms with Gasteiger partial charge in [-0.25, -0.2) is 8.78 Å². The Hall–Kier alpha value is -3.91. The highest BCUT2D eigenvalue weighted by Crippen LogP contribution is 2.42. The molecule has 2 fully saturated rings. The molecule has 2 atom stereocenters. The lowest BCUT2D eigenvalue weighted by molar-refractivity contribution is -0.139. The Morgan fingerprint density at radius 1 is 0.907 bits per heavy atom. The number of benzene rings is 2. The number of carbonyl (C=O) groups excluding carboxylic acids is 1. The fourth-order valence-electron chi connectivity index (χ4n) is 8.29. The SMILES string of the molecule is C=C(NCc1ccc(F)cc1F)C1=CN2CC3CCCC(C)N3C(=O)C2=C(CC(=C)c2ccccc2CN[B]CCCCCCCCCCCCC)C1=C. The van der Waals surface area contributed by atoms with Crippen molar-refractivity contribution >= 4 is 18.9 Å². The summed E-state index contributed by atoms with van der Waals surface area (Å²) < 4.78 is 28.0. The molecule has 0 spiro atoms. The molecular weight excluding hydrogens is 673 g/mol. The van der Waals surface area contributed by atoms with Crippen LogP contribution in [-0.2, 0) is 17.9 Å². The van der Waals surface area contributed by atoms with Crippen LogP contribution >= 0.6 is 0 Å². The minimum atomic E-state index is -0.614. The number of unbranched alkanes of at least 4 members (excludes halogenated alkanes) is 10. The lowest BCUT2D eigenvalue weighted by Crippen LogP contribution is -2.59. The highest BCUT2D eigenvalue weighted by molar-refractivity contribution is 6.31. The minimum absolute atomic E-state index is 0.0385. The molecule has 3 heterocycles. The van der Waals surface area contributed by atoms with E-state index in [1.165, 1.54) is 82.8 Å². The highest BCUT2D eigenvalue weighted by atomic mass is 19.1. The van der Waals surface area contributed by atoms with E-state index in [-0.39, 0.29) is 24.5 Å². The first-order valence-electron chi connectivity index (χ1n) is 20.6. The van der Waals surface area contributed by atoms with E-state index in [0.717, 1.165) is 59.5 Å². The molecule has 2 N–H and O–H groups in total. The van der Waals surface area contributed by atoms with Crippen molar-refractivity contribution in [3.63, 3.8) is 0 Å². The zero-order valence-corrected chi connectivity index (χ0v) is 33.0. The lowest BCUT2D eigenvalue weighted by atomic mass is 9.83. The van der Waals surface area contributed by atoms with Crippen LogP contribution in [0, 0.1) is 11.6 Å². The molecule has 8 heteroatoms. The second kappa shape index (κ2) is 20.7. The monoisotopic (exact) mass is 735 g/mol. The zero-order valence-electron chi connectivity index (χ0n) is 33.0. The summed E-state index contributed by atoms with van der Waals surface area (Å²) in [4.78, 5) is 18.5. The number of nitrogens with zero attached hydrogens (tertiary/aromatic N) is 2. The van der Waals surface area contributed by atoms with E-state index in [0.29, 0.717) is 42.0 Å². The third-order valence-corrected chi connectivity index (χ3v) is 11.4. The molecule has 54 heavy (non-hydrogen) atoms. The smallest absolute Gasteiger partial charge is 0.271 e. The number of hydrogen-bond acceptors (Lipinski definition) is 4. The van der Waals surface area contributed by atoms with E-state index in [4.69, 9.17) is 0 Å². The van der Waals surface area contributed by atoms with Crippen molar-refractivity contribution in [3.05, 3.63) is 125 Å². The first-order valence-corrected chi connectivity index (χ1v) is 20.6. The normalized spacial score (nSPS) is 18.3. The van der Waals surface area contributed by atoms with Gasteiger partial charge in [0.05, 0.1) is 6.04 Å². The molecule has 1 amide bonds. The van der Waals surface area contributed by atoms with Gasteiger partial charge < -0.3 is 20.3 Å². The number of hydrogen-bond donors (Lipinski definition) is 2. The number of allylic oxidation sites excluding steroid dienone is 3. The van der Waals surface area contributed by atoms with Crippen LogP contribution in [0.1, 0.15) is 127 Å². The van der Waals surface area contributed by atoms with Gasteiger partial charge in [-0.15, -0.1) is 0 Å². The molecule has 3 aliphatic heterocycles. The molecule has 0 aliphatic carbocycles. The van der Waals surface area contributed by atoms with Crippen molar-refractivity contribution in [2.75, 3.05) is 6.54 Å². The second-order valence-corrected chi connectivity index (χ2v) is 15.6. The second-order valence-electron chi connectivity index (χ2n) is 15.6. The van der Waals surface area contributed by atoms with Gasteiger partial charge in [-0.05, 0) is 60.1 Å². The Bertz CT molecular complexity index is 1700. The van der Waals surface area contributed by atoms with Crippen LogP contribution < -0.4 is 10.5 Å². The molecule has 0 saturated carbocycles. The summed E-state index contributed by atoms with van der Waals surface area (Å²) in [6.07, 6.45) is 21.3. The summed E-state index contributed by atoms with van der Waals surface area (Å²) in [7, 11) is 2.20. The average molecular weight is 736 g/mol. The Kier molecular flexibility index (Phi) is 15.8. The van der Waals surface area contributed by atoms with Gasteiger partial charge in [0.25, 0.3) is 5.91 Å². The summed E-state index contributed by atoms with van der Waals surface area (Å²) in [5.74, 6) is -1.19. The molecule has 3 aliphatic rings. The van der Waals surface area contributed by atoms with E-state index in [9.17, 15) is 13.6 Å². The maximum absolute atomic E-state index is 14.5. The molecule has 2 aromatic carbocycles. The Morgan fingerprint density at radius 2 is 1.61 bits per heavy atom. The largest absolute Gasteiger partial charge is 0.381 e. The van der Waals surface area contributed by atoms with Gasteiger partial charge in [0.2, 0.25) is 7.41 Å². The first-order chi connectivity index (χ1) is 26.2. The average Bonchev–Trinajstić information content (AvgIpc) is 3.15. The van der Waals surface area contributed by atoms with Gasteiger partial charge in [-0.1, -0.05) is 134 Å². The maximum atomic E-state index is 14.5. The number of piperazine rings is 1. The molecule has 2 saturated heterocycles. The summed E-state index contributed by atoms with van der Waals surface area (Å²) >= 11 is 0. The van der Waals surface area contributed by atoms with E-state index in [1.54, 1.807) is 0 Å². The van der Waals surface area contributed by atoms with E-state index in [1.807, 2.05) is 12.3 Å². The quantitative estimate of drug-likeness (QED) is 0.0934. The first kappa shape index (κ1) is 41.3. The minimum Gasteiger partial charge on any atom is -0.381 e. The standard InChI is InChI=1S/C46H62BF2N4O/c1-6-7-8-9-10-11-12-13-14-15-18-26-47-51-30-37-21-16-17-23-41(37)33(2)27-42-35(4)43(36(5)50-29-38-24-25-39(48)28-44(38)49)32-52-31-40-22-19-20-34(3)53(40)46(54)45(42)52/h16-17,21,23-25,28,32,34,40,50-51H,2,4-15,18-20,22,26-27,29-31H2,1,3H3. The van der Waals surface area contributed by atoms with Crippen LogP contribution in [0.4, 0.5) is 8.78 Å². The highest BCUT2D eigenvalue weighted by Gasteiger charge is 2.43. The van der Waals surface area contributed by atoms with Crippen molar-refractivity contribution in [1.29, 1.82) is 0 Å². The number of halogens is 2. The summed E-state index contributed by atoms with van der Waals surface area (Å²) in [5, 5.41) is 6.79. The molecule has 0 bridgehead atoms. The molecule has 0 aromatic heterocycles. The Morgan fingerprint density at radius 3 is 2.33 bits per heavy atom. The van der Waals surface area contributed by atoms with Crippen molar-refractivity contribution in [1.82, 2.24) is 20.3 Å². The number of amides is 1.